The maximum Gasteiger partial charge on any atom is 0.356 e. The summed E-state index contributed by atoms with van der Waals surface area (Å²) < 4.78 is 24.0. The van der Waals surface area contributed by atoms with E-state index in [-0.39, 0.29) is 42.1 Å². The lowest BCUT2D eigenvalue weighted by Crippen LogP contribution is -2.50. The van der Waals surface area contributed by atoms with Crippen LogP contribution in [-0.4, -0.2) is 71.9 Å². The molecule has 2 N–H and O–H groups in total. The number of carbonyl (C=O) groups is 3. The molecule has 2 amide bonds. The van der Waals surface area contributed by atoms with E-state index in [1.54, 1.807) is 24.0 Å². The number of fused-ring (bicyclic) bond motifs is 1. The van der Waals surface area contributed by atoms with Crippen molar-refractivity contribution in [2.24, 2.45) is 0 Å². The molecule has 168 valence electrons. The second-order valence-corrected chi connectivity index (χ2v) is 7.38. The molecule has 0 saturated carbocycles. The Hall–Kier alpha value is -3.66. The largest absolute Gasteiger partial charge is 0.461 e. The molecule has 32 heavy (non-hydrogen) atoms. The third kappa shape index (κ3) is 4.50. The number of amides is 2. The van der Waals surface area contributed by atoms with Gasteiger partial charge in [0.1, 0.15) is 11.5 Å². The highest BCUT2D eigenvalue weighted by atomic mass is 19.1. The number of piperazine rings is 1. The molecule has 0 unspecified atom stereocenters. The van der Waals surface area contributed by atoms with Crippen molar-refractivity contribution in [3.8, 4) is 0 Å². The smallest absolute Gasteiger partial charge is 0.356 e. The Kier molecular flexibility index (Phi) is 6.22. The second-order valence-electron chi connectivity index (χ2n) is 7.38. The second kappa shape index (κ2) is 9.23. The van der Waals surface area contributed by atoms with Crippen molar-refractivity contribution < 1.29 is 27.9 Å². The molecular formula is C22H23FN4O5. The molecule has 10 heteroatoms. The first-order chi connectivity index (χ1) is 15.5. The first-order valence-electron chi connectivity index (χ1n) is 10.3. The molecule has 0 aliphatic carbocycles. The minimum Gasteiger partial charge on any atom is -0.461 e. The molecule has 3 aromatic rings. The highest BCUT2D eigenvalue weighted by Crippen LogP contribution is 2.29. The van der Waals surface area contributed by atoms with Crippen molar-refractivity contribution in [3.63, 3.8) is 0 Å². The number of furan rings is 1. The number of hydrogen-bond donors (Lipinski definition) is 2. The summed E-state index contributed by atoms with van der Waals surface area (Å²) >= 11 is 0. The van der Waals surface area contributed by atoms with Gasteiger partial charge in [-0.3, -0.25) is 14.5 Å². The summed E-state index contributed by atoms with van der Waals surface area (Å²) in [5.74, 6) is -1.37. The van der Waals surface area contributed by atoms with Gasteiger partial charge in [-0.1, -0.05) is 0 Å². The van der Waals surface area contributed by atoms with Gasteiger partial charge in [0.2, 0.25) is 5.91 Å². The van der Waals surface area contributed by atoms with Gasteiger partial charge in [-0.2, -0.15) is 0 Å². The molecule has 1 aliphatic heterocycles. The number of H-pyrrole nitrogens is 1. The number of ether oxygens (including phenoxy) is 1. The van der Waals surface area contributed by atoms with Crippen molar-refractivity contribution in [1.82, 2.24) is 14.8 Å². The van der Waals surface area contributed by atoms with E-state index >= 15 is 0 Å². The summed E-state index contributed by atoms with van der Waals surface area (Å²) in [5, 5.41) is 3.11. The van der Waals surface area contributed by atoms with Gasteiger partial charge in [0.25, 0.3) is 5.91 Å². The SMILES string of the molecule is CCOC(=O)c1[nH]c2ccc(F)cc2c1NC(=O)CN1CCN(C(=O)c2ccco2)CC1. The number of nitrogens with one attached hydrogen (secondary N) is 2. The maximum atomic E-state index is 13.8. The fourth-order valence-corrected chi connectivity index (χ4v) is 3.70. The summed E-state index contributed by atoms with van der Waals surface area (Å²) in [4.78, 5) is 43.9. The fraction of sp³-hybridized carbons (Fsp3) is 0.318. The average molecular weight is 442 g/mol. The number of aromatic amines is 1. The van der Waals surface area contributed by atoms with Crippen molar-refractivity contribution in [3.05, 3.63) is 53.9 Å². The average Bonchev–Trinajstić information content (AvgIpc) is 3.43. The van der Waals surface area contributed by atoms with Crippen LogP contribution in [0.15, 0.2) is 41.0 Å². The predicted molar refractivity (Wildman–Crippen MR) is 114 cm³/mol. The number of halogens is 1. The van der Waals surface area contributed by atoms with Crippen molar-refractivity contribution in [1.29, 1.82) is 0 Å². The van der Waals surface area contributed by atoms with E-state index in [1.807, 2.05) is 4.90 Å². The van der Waals surface area contributed by atoms with Gasteiger partial charge in [0.15, 0.2) is 5.76 Å². The molecular weight excluding hydrogens is 419 g/mol. The molecule has 4 rings (SSSR count). The lowest BCUT2D eigenvalue weighted by molar-refractivity contribution is -0.117. The molecule has 1 fully saturated rings. The fourth-order valence-electron chi connectivity index (χ4n) is 3.70. The summed E-state index contributed by atoms with van der Waals surface area (Å²) in [6.07, 6.45) is 1.45. The summed E-state index contributed by atoms with van der Waals surface area (Å²) in [6.45, 7) is 3.83. The minimum atomic E-state index is -0.635. The van der Waals surface area contributed by atoms with Crippen LogP contribution < -0.4 is 5.32 Å². The Morgan fingerprint density at radius 3 is 2.66 bits per heavy atom. The lowest BCUT2D eigenvalue weighted by atomic mass is 10.2. The van der Waals surface area contributed by atoms with E-state index in [2.05, 4.69) is 10.3 Å². The zero-order chi connectivity index (χ0) is 22.7. The molecule has 2 aromatic heterocycles. The van der Waals surface area contributed by atoms with Crippen LogP contribution in [0.4, 0.5) is 10.1 Å². The van der Waals surface area contributed by atoms with E-state index in [1.165, 1.54) is 24.5 Å². The lowest BCUT2D eigenvalue weighted by Gasteiger charge is -2.33. The molecule has 3 heterocycles. The molecule has 1 aliphatic rings. The van der Waals surface area contributed by atoms with Crippen LogP contribution in [0.2, 0.25) is 0 Å². The van der Waals surface area contributed by atoms with Gasteiger partial charge in [-0.05, 0) is 37.3 Å². The van der Waals surface area contributed by atoms with Crippen molar-refractivity contribution in [2.45, 2.75) is 6.92 Å². The van der Waals surface area contributed by atoms with Crippen LogP contribution in [0.5, 0.6) is 0 Å². The Balaban J connectivity index is 1.42. The van der Waals surface area contributed by atoms with Crippen molar-refractivity contribution >= 4 is 34.4 Å². The topological polar surface area (TPSA) is 108 Å². The highest BCUT2D eigenvalue weighted by Gasteiger charge is 2.26. The van der Waals surface area contributed by atoms with Gasteiger partial charge in [-0.25, -0.2) is 9.18 Å². The van der Waals surface area contributed by atoms with Gasteiger partial charge in [-0.15, -0.1) is 0 Å². The summed E-state index contributed by atoms with van der Waals surface area (Å²) in [7, 11) is 0. The summed E-state index contributed by atoms with van der Waals surface area (Å²) in [5.41, 5.74) is 0.763. The first-order valence-corrected chi connectivity index (χ1v) is 10.3. The zero-order valence-corrected chi connectivity index (χ0v) is 17.5. The van der Waals surface area contributed by atoms with Crippen LogP contribution >= 0.6 is 0 Å². The van der Waals surface area contributed by atoms with Crippen LogP contribution in [0.1, 0.15) is 28.0 Å². The van der Waals surface area contributed by atoms with Crippen LogP contribution in [-0.2, 0) is 9.53 Å². The van der Waals surface area contributed by atoms with E-state index in [0.29, 0.717) is 37.1 Å². The number of aromatic nitrogens is 1. The molecule has 0 atom stereocenters. The number of anilines is 1. The first kappa shape index (κ1) is 21.6. The van der Waals surface area contributed by atoms with Crippen LogP contribution in [0.3, 0.4) is 0 Å². The number of rotatable bonds is 6. The quantitative estimate of drug-likeness (QED) is 0.568. The molecule has 1 aromatic carbocycles. The van der Waals surface area contributed by atoms with Crippen LogP contribution in [0, 0.1) is 5.82 Å². The van der Waals surface area contributed by atoms with E-state index in [9.17, 15) is 18.8 Å². The molecule has 9 nitrogen and oxygen atoms in total. The molecule has 0 radical (unpaired) electrons. The maximum absolute atomic E-state index is 13.8. The monoisotopic (exact) mass is 442 g/mol. The number of benzene rings is 1. The number of carbonyl (C=O) groups excluding carboxylic acids is 3. The van der Waals surface area contributed by atoms with E-state index < -0.39 is 11.8 Å². The van der Waals surface area contributed by atoms with Gasteiger partial charge in [0.05, 0.1) is 25.1 Å². The predicted octanol–water partition coefficient (Wildman–Crippen LogP) is 2.47. The minimum absolute atomic E-state index is 0.0625. The van der Waals surface area contributed by atoms with Gasteiger partial charge < -0.3 is 24.4 Å². The Labute approximate surface area is 183 Å². The van der Waals surface area contributed by atoms with Crippen molar-refractivity contribution in [2.75, 3.05) is 44.6 Å². The molecule has 0 bridgehead atoms. The van der Waals surface area contributed by atoms with E-state index in [4.69, 9.17) is 9.15 Å². The standard InChI is InChI=1S/C22H23FN4O5/c1-2-31-22(30)20-19(15-12-14(23)5-6-16(15)24-20)25-18(28)13-26-7-9-27(10-8-26)21(29)17-4-3-11-32-17/h3-6,11-12,24H,2,7-10,13H2,1H3,(H,25,28). The Bertz CT molecular complexity index is 1130. The number of nitrogens with zero attached hydrogens (tertiary/aromatic N) is 2. The molecule has 1 saturated heterocycles. The number of hydrogen-bond acceptors (Lipinski definition) is 6. The number of esters is 1. The Morgan fingerprint density at radius 2 is 1.97 bits per heavy atom. The van der Waals surface area contributed by atoms with Gasteiger partial charge in [0, 0.05) is 37.1 Å². The third-order valence-electron chi connectivity index (χ3n) is 5.26. The Morgan fingerprint density at radius 1 is 1.19 bits per heavy atom. The van der Waals surface area contributed by atoms with Gasteiger partial charge >= 0.3 is 5.97 Å². The molecule has 0 spiro atoms. The van der Waals surface area contributed by atoms with E-state index in [0.717, 1.165) is 0 Å². The van der Waals surface area contributed by atoms with Crippen LogP contribution in [0.25, 0.3) is 10.9 Å². The normalized spacial score (nSPS) is 14.5. The third-order valence-corrected chi connectivity index (χ3v) is 5.26. The zero-order valence-electron chi connectivity index (χ0n) is 17.5. The highest BCUT2D eigenvalue weighted by molar-refractivity contribution is 6.11. The summed E-state index contributed by atoms with van der Waals surface area (Å²) in [6, 6.07) is 7.30.